The average molecular weight is 273 g/mol. The van der Waals surface area contributed by atoms with Crippen LogP contribution in [-0.2, 0) is 6.54 Å². The molecule has 3 nitrogen and oxygen atoms in total. The van der Waals surface area contributed by atoms with Gasteiger partial charge in [0.25, 0.3) is 0 Å². The Kier molecular flexibility index (Phi) is 5.04. The number of nitrogens with one attached hydrogen (secondary N) is 1. The van der Waals surface area contributed by atoms with Crippen molar-refractivity contribution in [2.45, 2.75) is 51.1 Å². The predicted octanol–water partition coefficient (Wildman–Crippen LogP) is 2.83. The number of piperidine rings is 1. The lowest BCUT2D eigenvalue weighted by atomic mass is 9.78. The Bertz CT molecular complexity index is 390. The van der Waals surface area contributed by atoms with E-state index in [-0.39, 0.29) is 0 Å². The first-order valence-electron chi connectivity index (χ1n) is 8.28. The maximum atomic E-state index is 4.35. The van der Waals surface area contributed by atoms with Crippen LogP contribution in [0.3, 0.4) is 0 Å². The molecule has 2 atom stereocenters. The molecule has 0 bridgehead atoms. The van der Waals surface area contributed by atoms with Crippen LogP contribution in [0.25, 0.3) is 0 Å². The molecule has 3 rings (SSSR count). The Morgan fingerprint density at radius 1 is 1.15 bits per heavy atom. The summed E-state index contributed by atoms with van der Waals surface area (Å²) in [5.74, 6) is 0.994. The van der Waals surface area contributed by atoms with Crippen molar-refractivity contribution in [1.82, 2.24) is 15.2 Å². The standard InChI is InChI=1S/C17H27N3/c1-2-9-17-15(6-1)7-5-12-20(17)13-11-18-14-16-8-3-4-10-19-16/h3-4,8,10,15,17-18H,1-2,5-7,9,11-14H2. The molecule has 2 fully saturated rings. The van der Waals surface area contributed by atoms with Gasteiger partial charge in [-0.3, -0.25) is 9.88 Å². The summed E-state index contributed by atoms with van der Waals surface area (Å²) >= 11 is 0. The zero-order valence-corrected chi connectivity index (χ0v) is 12.4. The number of pyridine rings is 1. The minimum Gasteiger partial charge on any atom is -0.310 e. The number of fused-ring (bicyclic) bond motifs is 1. The van der Waals surface area contributed by atoms with Gasteiger partial charge in [0.1, 0.15) is 0 Å². The van der Waals surface area contributed by atoms with E-state index in [1.165, 1.54) is 51.6 Å². The van der Waals surface area contributed by atoms with Crippen molar-refractivity contribution in [1.29, 1.82) is 0 Å². The van der Waals surface area contributed by atoms with Crippen LogP contribution in [0.15, 0.2) is 24.4 Å². The first kappa shape index (κ1) is 14.0. The maximum Gasteiger partial charge on any atom is 0.0541 e. The molecule has 0 amide bonds. The fraction of sp³-hybridized carbons (Fsp3) is 0.706. The zero-order chi connectivity index (χ0) is 13.6. The molecule has 1 saturated carbocycles. The van der Waals surface area contributed by atoms with Crippen molar-refractivity contribution in [3.63, 3.8) is 0 Å². The molecule has 3 heteroatoms. The summed E-state index contributed by atoms with van der Waals surface area (Å²) in [6.45, 7) is 4.49. The molecule has 1 saturated heterocycles. The lowest BCUT2D eigenvalue weighted by Gasteiger charge is -2.44. The molecular weight excluding hydrogens is 246 g/mol. The summed E-state index contributed by atoms with van der Waals surface area (Å²) in [5.41, 5.74) is 1.14. The third-order valence-electron chi connectivity index (χ3n) is 4.97. The van der Waals surface area contributed by atoms with Crippen LogP contribution < -0.4 is 5.32 Å². The lowest BCUT2D eigenvalue weighted by Crippen LogP contribution is -2.48. The number of likely N-dealkylation sites (tertiary alicyclic amines) is 1. The summed E-state index contributed by atoms with van der Waals surface area (Å²) in [6, 6.07) is 7.00. The highest BCUT2D eigenvalue weighted by Crippen LogP contribution is 2.34. The predicted molar refractivity (Wildman–Crippen MR) is 82.5 cm³/mol. The second-order valence-corrected chi connectivity index (χ2v) is 6.29. The van der Waals surface area contributed by atoms with Gasteiger partial charge >= 0.3 is 0 Å². The topological polar surface area (TPSA) is 28.2 Å². The van der Waals surface area contributed by atoms with Crippen LogP contribution in [0.5, 0.6) is 0 Å². The van der Waals surface area contributed by atoms with Crippen molar-refractivity contribution in [2.24, 2.45) is 5.92 Å². The number of aromatic nitrogens is 1. The van der Waals surface area contributed by atoms with Crippen LogP contribution in [0.4, 0.5) is 0 Å². The van der Waals surface area contributed by atoms with E-state index in [4.69, 9.17) is 0 Å². The van der Waals surface area contributed by atoms with Crippen molar-refractivity contribution in [2.75, 3.05) is 19.6 Å². The largest absolute Gasteiger partial charge is 0.310 e. The van der Waals surface area contributed by atoms with Crippen LogP contribution in [0.1, 0.15) is 44.2 Å². The minimum absolute atomic E-state index is 0.883. The van der Waals surface area contributed by atoms with Crippen molar-refractivity contribution < 1.29 is 0 Å². The quantitative estimate of drug-likeness (QED) is 0.836. The number of hydrogen-bond acceptors (Lipinski definition) is 3. The molecule has 0 spiro atoms. The molecule has 110 valence electrons. The fourth-order valence-electron chi connectivity index (χ4n) is 3.95. The van der Waals surface area contributed by atoms with E-state index in [0.717, 1.165) is 30.7 Å². The zero-order valence-electron chi connectivity index (χ0n) is 12.4. The molecule has 1 aliphatic heterocycles. The number of rotatable bonds is 5. The molecular formula is C17H27N3. The maximum absolute atomic E-state index is 4.35. The minimum atomic E-state index is 0.883. The smallest absolute Gasteiger partial charge is 0.0541 e. The van der Waals surface area contributed by atoms with Gasteiger partial charge in [-0.2, -0.15) is 0 Å². The van der Waals surface area contributed by atoms with E-state index in [9.17, 15) is 0 Å². The van der Waals surface area contributed by atoms with Crippen LogP contribution in [-0.4, -0.2) is 35.6 Å². The first-order valence-corrected chi connectivity index (χ1v) is 8.28. The summed E-state index contributed by atoms with van der Waals surface area (Å²) in [6.07, 6.45) is 10.6. The van der Waals surface area contributed by atoms with Gasteiger partial charge in [0, 0.05) is 31.9 Å². The van der Waals surface area contributed by atoms with E-state index < -0.39 is 0 Å². The van der Waals surface area contributed by atoms with Gasteiger partial charge in [0.2, 0.25) is 0 Å². The monoisotopic (exact) mass is 273 g/mol. The van der Waals surface area contributed by atoms with Gasteiger partial charge in [-0.25, -0.2) is 0 Å². The molecule has 0 radical (unpaired) electrons. The molecule has 2 unspecified atom stereocenters. The van der Waals surface area contributed by atoms with Crippen LogP contribution >= 0.6 is 0 Å². The van der Waals surface area contributed by atoms with Crippen molar-refractivity contribution in [3.8, 4) is 0 Å². The third kappa shape index (κ3) is 3.58. The second kappa shape index (κ2) is 7.19. The Balaban J connectivity index is 1.41. The normalized spacial score (nSPS) is 27.2. The Morgan fingerprint density at radius 2 is 2.05 bits per heavy atom. The number of hydrogen-bond donors (Lipinski definition) is 1. The second-order valence-electron chi connectivity index (χ2n) is 6.29. The molecule has 1 aliphatic carbocycles. The highest BCUT2D eigenvalue weighted by molar-refractivity contribution is 5.02. The molecule has 1 aromatic rings. The van der Waals surface area contributed by atoms with Crippen molar-refractivity contribution >= 4 is 0 Å². The van der Waals surface area contributed by atoms with Gasteiger partial charge in [-0.1, -0.05) is 18.9 Å². The highest BCUT2D eigenvalue weighted by Gasteiger charge is 2.32. The van der Waals surface area contributed by atoms with Gasteiger partial charge < -0.3 is 5.32 Å². The Hall–Kier alpha value is -0.930. The van der Waals surface area contributed by atoms with E-state index in [2.05, 4.69) is 27.3 Å². The summed E-state index contributed by atoms with van der Waals surface area (Å²) in [5, 5.41) is 3.54. The highest BCUT2D eigenvalue weighted by atomic mass is 15.2. The molecule has 2 heterocycles. The van der Waals surface area contributed by atoms with Crippen LogP contribution in [0.2, 0.25) is 0 Å². The molecule has 20 heavy (non-hydrogen) atoms. The molecule has 1 N–H and O–H groups in total. The van der Waals surface area contributed by atoms with Gasteiger partial charge in [0.05, 0.1) is 5.69 Å². The van der Waals surface area contributed by atoms with Gasteiger partial charge in [-0.15, -0.1) is 0 Å². The SMILES string of the molecule is c1ccc(CNCCN2CCCC3CCCCC32)nc1. The van der Waals surface area contributed by atoms with E-state index in [1.54, 1.807) is 0 Å². The average Bonchev–Trinajstić information content (AvgIpc) is 2.53. The fourth-order valence-corrected chi connectivity index (χ4v) is 3.95. The Morgan fingerprint density at radius 3 is 2.95 bits per heavy atom. The van der Waals surface area contributed by atoms with Crippen LogP contribution in [0, 0.1) is 5.92 Å². The summed E-state index contributed by atoms with van der Waals surface area (Å²) in [7, 11) is 0. The lowest BCUT2D eigenvalue weighted by molar-refractivity contribution is 0.0618. The first-order chi connectivity index (χ1) is 9.93. The number of nitrogens with zero attached hydrogens (tertiary/aromatic N) is 2. The van der Waals surface area contributed by atoms with E-state index >= 15 is 0 Å². The molecule has 2 aliphatic rings. The molecule has 1 aromatic heterocycles. The summed E-state index contributed by atoms with van der Waals surface area (Å²) < 4.78 is 0. The van der Waals surface area contributed by atoms with E-state index in [0.29, 0.717) is 0 Å². The third-order valence-corrected chi connectivity index (χ3v) is 4.97. The van der Waals surface area contributed by atoms with Crippen molar-refractivity contribution in [3.05, 3.63) is 30.1 Å². The molecule has 0 aromatic carbocycles. The Labute approximate surface area is 122 Å². The van der Waals surface area contributed by atoms with Gasteiger partial charge in [-0.05, 0) is 50.3 Å². The summed E-state index contributed by atoms with van der Waals surface area (Å²) in [4.78, 5) is 7.10. The van der Waals surface area contributed by atoms with Gasteiger partial charge in [0.15, 0.2) is 0 Å². The van der Waals surface area contributed by atoms with E-state index in [1.807, 2.05) is 12.3 Å².